The summed E-state index contributed by atoms with van der Waals surface area (Å²) in [5.41, 5.74) is 1.76. The molecular formula is C18H24N2O4. The normalized spacial score (nSPS) is 14.7. The summed E-state index contributed by atoms with van der Waals surface area (Å²) in [4.78, 5) is 25.4. The van der Waals surface area contributed by atoms with Crippen LogP contribution in [0.5, 0.6) is 11.5 Å². The molecule has 2 N–H and O–H groups in total. The molecule has 130 valence electrons. The van der Waals surface area contributed by atoms with Crippen LogP contribution in [0.1, 0.15) is 30.6 Å². The van der Waals surface area contributed by atoms with E-state index in [0.29, 0.717) is 30.6 Å². The smallest absolute Gasteiger partial charge is 0.251 e. The molecule has 1 aromatic carbocycles. The lowest BCUT2D eigenvalue weighted by molar-refractivity contribution is -0.127. The Kier molecular flexibility index (Phi) is 5.98. The number of hydrogen-bond acceptors (Lipinski definition) is 5. The summed E-state index contributed by atoms with van der Waals surface area (Å²) in [5, 5.41) is 12.9. The SMILES string of the molecule is CC(C)N(C)C(=O)C1=C(COc2cccc(O)c2C=O)CCNC1. The summed E-state index contributed by atoms with van der Waals surface area (Å²) < 4.78 is 5.72. The molecule has 6 heteroatoms. The summed E-state index contributed by atoms with van der Waals surface area (Å²) >= 11 is 0. The van der Waals surface area contributed by atoms with E-state index in [9.17, 15) is 14.7 Å². The number of amides is 1. The molecule has 0 radical (unpaired) electrons. The minimum absolute atomic E-state index is 0.0117. The average Bonchev–Trinajstić information content (AvgIpc) is 2.58. The molecule has 0 fully saturated rings. The lowest BCUT2D eigenvalue weighted by Crippen LogP contribution is -2.40. The number of nitrogens with zero attached hydrogens (tertiary/aromatic N) is 1. The first-order valence-electron chi connectivity index (χ1n) is 8.04. The quantitative estimate of drug-likeness (QED) is 0.776. The average molecular weight is 332 g/mol. The zero-order valence-electron chi connectivity index (χ0n) is 14.3. The van der Waals surface area contributed by atoms with Crippen molar-refractivity contribution in [1.29, 1.82) is 0 Å². The summed E-state index contributed by atoms with van der Waals surface area (Å²) in [6.07, 6.45) is 1.28. The lowest BCUT2D eigenvalue weighted by atomic mass is 10.0. The molecule has 0 unspecified atom stereocenters. The zero-order chi connectivity index (χ0) is 17.7. The molecule has 1 amide bonds. The highest BCUT2D eigenvalue weighted by Crippen LogP contribution is 2.26. The summed E-state index contributed by atoms with van der Waals surface area (Å²) in [6, 6.07) is 4.80. The molecule has 6 nitrogen and oxygen atoms in total. The van der Waals surface area contributed by atoms with E-state index in [1.165, 1.54) is 6.07 Å². The fourth-order valence-corrected chi connectivity index (χ4v) is 2.50. The summed E-state index contributed by atoms with van der Waals surface area (Å²) in [5.74, 6) is 0.194. The molecule has 0 aliphatic carbocycles. The van der Waals surface area contributed by atoms with Gasteiger partial charge in [-0.1, -0.05) is 6.07 Å². The van der Waals surface area contributed by atoms with Gasteiger partial charge in [-0.2, -0.15) is 0 Å². The molecule has 24 heavy (non-hydrogen) atoms. The maximum atomic E-state index is 12.6. The van der Waals surface area contributed by atoms with Crippen molar-refractivity contribution in [2.75, 3.05) is 26.7 Å². The molecule has 1 aliphatic heterocycles. The van der Waals surface area contributed by atoms with Gasteiger partial charge in [-0.25, -0.2) is 0 Å². The van der Waals surface area contributed by atoms with Crippen molar-refractivity contribution in [2.45, 2.75) is 26.3 Å². The third kappa shape index (κ3) is 3.94. The van der Waals surface area contributed by atoms with Crippen molar-refractivity contribution in [3.63, 3.8) is 0 Å². The molecule has 0 saturated heterocycles. The zero-order valence-corrected chi connectivity index (χ0v) is 14.3. The Morgan fingerprint density at radius 1 is 1.46 bits per heavy atom. The first-order valence-corrected chi connectivity index (χ1v) is 8.04. The van der Waals surface area contributed by atoms with E-state index < -0.39 is 0 Å². The Balaban J connectivity index is 2.21. The summed E-state index contributed by atoms with van der Waals surface area (Å²) in [6.45, 7) is 5.44. The van der Waals surface area contributed by atoms with Crippen LogP contribution in [0.25, 0.3) is 0 Å². The number of carbonyl (C=O) groups excluding carboxylic acids is 2. The van der Waals surface area contributed by atoms with E-state index in [0.717, 1.165) is 12.1 Å². The highest BCUT2D eigenvalue weighted by molar-refractivity contribution is 5.95. The number of phenolic OH excluding ortho intramolecular Hbond substituents is 1. The van der Waals surface area contributed by atoms with Gasteiger partial charge in [0.05, 0.1) is 5.56 Å². The second kappa shape index (κ2) is 7.97. The number of aldehydes is 1. The predicted octanol–water partition coefficient (Wildman–Crippen LogP) is 1.74. The highest BCUT2D eigenvalue weighted by atomic mass is 16.5. The van der Waals surface area contributed by atoms with Crippen LogP contribution in [0, 0.1) is 0 Å². The van der Waals surface area contributed by atoms with Gasteiger partial charge in [0.1, 0.15) is 18.1 Å². The van der Waals surface area contributed by atoms with Crippen molar-refractivity contribution in [3.05, 3.63) is 34.9 Å². The molecule has 0 saturated carbocycles. The second-order valence-corrected chi connectivity index (χ2v) is 6.11. The van der Waals surface area contributed by atoms with Gasteiger partial charge in [-0.05, 0) is 44.5 Å². The fraction of sp³-hybridized carbons (Fsp3) is 0.444. The number of aromatic hydroxyl groups is 1. The molecule has 1 aromatic rings. The number of rotatable bonds is 6. The van der Waals surface area contributed by atoms with Gasteiger partial charge in [-0.3, -0.25) is 9.59 Å². The third-order valence-corrected chi connectivity index (χ3v) is 4.25. The number of phenols is 1. The minimum Gasteiger partial charge on any atom is -0.507 e. The van der Waals surface area contributed by atoms with Crippen molar-refractivity contribution in [2.24, 2.45) is 0 Å². The molecule has 1 heterocycles. The highest BCUT2D eigenvalue weighted by Gasteiger charge is 2.23. The third-order valence-electron chi connectivity index (χ3n) is 4.25. The number of ether oxygens (including phenoxy) is 1. The number of nitrogens with one attached hydrogen (secondary N) is 1. The number of carbonyl (C=O) groups is 2. The maximum absolute atomic E-state index is 12.6. The molecule has 0 spiro atoms. The van der Waals surface area contributed by atoms with Crippen molar-refractivity contribution in [1.82, 2.24) is 10.2 Å². The van der Waals surface area contributed by atoms with Crippen LogP contribution in [-0.4, -0.2) is 55.0 Å². The molecule has 2 rings (SSSR count). The molecule has 0 bridgehead atoms. The van der Waals surface area contributed by atoms with Crippen molar-refractivity contribution in [3.8, 4) is 11.5 Å². The van der Waals surface area contributed by atoms with E-state index in [1.54, 1.807) is 24.1 Å². The van der Waals surface area contributed by atoms with Crippen molar-refractivity contribution >= 4 is 12.2 Å². The maximum Gasteiger partial charge on any atom is 0.251 e. The number of likely N-dealkylation sites (N-methyl/N-ethyl adjacent to an activating group) is 1. The van der Waals surface area contributed by atoms with Gasteiger partial charge >= 0.3 is 0 Å². The predicted molar refractivity (Wildman–Crippen MR) is 91.4 cm³/mol. The standard InChI is InChI=1S/C18H24N2O4/c1-12(2)20(3)18(23)14-9-19-8-7-13(14)11-24-17-6-4-5-16(22)15(17)10-21/h4-6,10,12,19,22H,7-9,11H2,1-3H3. The largest absolute Gasteiger partial charge is 0.507 e. The van der Waals surface area contributed by atoms with Crippen LogP contribution in [0.2, 0.25) is 0 Å². The molecule has 0 aromatic heterocycles. The van der Waals surface area contributed by atoms with Gasteiger partial charge in [-0.15, -0.1) is 0 Å². The van der Waals surface area contributed by atoms with Gasteiger partial charge in [0.2, 0.25) is 0 Å². The van der Waals surface area contributed by atoms with Gasteiger partial charge in [0.15, 0.2) is 6.29 Å². The van der Waals surface area contributed by atoms with Gasteiger partial charge in [0, 0.05) is 25.2 Å². The van der Waals surface area contributed by atoms with Gasteiger partial charge < -0.3 is 20.1 Å². The second-order valence-electron chi connectivity index (χ2n) is 6.11. The van der Waals surface area contributed by atoms with E-state index >= 15 is 0 Å². The van der Waals surface area contributed by atoms with Gasteiger partial charge in [0.25, 0.3) is 5.91 Å². The molecule has 1 aliphatic rings. The Hall–Kier alpha value is -2.34. The van der Waals surface area contributed by atoms with Crippen LogP contribution in [0.4, 0.5) is 0 Å². The van der Waals surface area contributed by atoms with Crippen LogP contribution in [-0.2, 0) is 4.79 Å². The molecule has 0 atom stereocenters. The van der Waals surface area contributed by atoms with Crippen LogP contribution in [0.3, 0.4) is 0 Å². The Bertz CT molecular complexity index is 652. The summed E-state index contributed by atoms with van der Waals surface area (Å²) in [7, 11) is 1.78. The number of hydrogen-bond donors (Lipinski definition) is 2. The van der Waals surface area contributed by atoms with E-state index in [4.69, 9.17) is 4.74 Å². The van der Waals surface area contributed by atoms with Crippen LogP contribution < -0.4 is 10.1 Å². The topological polar surface area (TPSA) is 78.9 Å². The first-order chi connectivity index (χ1) is 11.5. The van der Waals surface area contributed by atoms with E-state index in [-0.39, 0.29) is 29.9 Å². The Morgan fingerprint density at radius 2 is 2.21 bits per heavy atom. The number of benzene rings is 1. The Labute approximate surface area is 142 Å². The van der Waals surface area contributed by atoms with Crippen LogP contribution >= 0.6 is 0 Å². The van der Waals surface area contributed by atoms with E-state index in [2.05, 4.69) is 5.32 Å². The Morgan fingerprint density at radius 3 is 2.88 bits per heavy atom. The fourth-order valence-electron chi connectivity index (χ4n) is 2.50. The lowest BCUT2D eigenvalue weighted by Gasteiger charge is -2.27. The minimum atomic E-state index is -0.113. The molecular weight excluding hydrogens is 308 g/mol. The monoisotopic (exact) mass is 332 g/mol. The van der Waals surface area contributed by atoms with E-state index in [1.807, 2.05) is 13.8 Å². The van der Waals surface area contributed by atoms with Crippen LogP contribution in [0.15, 0.2) is 29.3 Å². The first kappa shape index (κ1) is 18.0. The van der Waals surface area contributed by atoms with Crippen molar-refractivity contribution < 1.29 is 19.4 Å².